The molecule has 0 aliphatic heterocycles. The van der Waals surface area contributed by atoms with E-state index in [1.54, 1.807) is 0 Å². The molecule has 0 aromatic rings. The maximum Gasteiger partial charge on any atom is 0.311 e. The summed E-state index contributed by atoms with van der Waals surface area (Å²) in [6.45, 7) is 1.20. The molecule has 0 unspecified atom stereocenters. The summed E-state index contributed by atoms with van der Waals surface area (Å²) < 4.78 is 5.02. The first kappa shape index (κ1) is 16.1. The van der Waals surface area contributed by atoms with Gasteiger partial charge in [0.2, 0.25) is 0 Å². The number of carbonyl (C=O) groups is 1. The molecule has 0 atom stereocenters. The molecule has 4 heteroatoms. The molecule has 4 rings (SSSR count). The topological polar surface area (TPSA) is 38.3 Å². The van der Waals surface area contributed by atoms with Crippen LogP contribution < -0.4 is 5.32 Å². The van der Waals surface area contributed by atoms with Gasteiger partial charge in [0.05, 0.1) is 12.5 Å². The molecule has 4 aliphatic carbocycles. The maximum atomic E-state index is 12.0. The Labute approximate surface area is 128 Å². The highest BCUT2D eigenvalue weighted by molar-refractivity contribution is 5.85. The Bertz CT molecular complexity index is 328. The van der Waals surface area contributed by atoms with Crippen molar-refractivity contribution in [2.45, 2.75) is 69.7 Å². The van der Waals surface area contributed by atoms with Crippen LogP contribution in [0.1, 0.15) is 64.2 Å². The van der Waals surface area contributed by atoms with Crippen LogP contribution in [0.3, 0.4) is 0 Å². The standard InChI is InChI=1S/C16H27NO2.ClH/c1-19-14(18)15-6-9-16(10-7-15,11-8-15)17-12-13-4-2-3-5-13;/h13,17H,2-12H2,1H3;1H. The van der Waals surface area contributed by atoms with Crippen molar-refractivity contribution in [3.63, 3.8) is 0 Å². The second-order valence-electron chi connectivity index (χ2n) is 7.08. The summed E-state index contributed by atoms with van der Waals surface area (Å²) >= 11 is 0. The van der Waals surface area contributed by atoms with Crippen LogP contribution in [0.2, 0.25) is 0 Å². The van der Waals surface area contributed by atoms with Gasteiger partial charge < -0.3 is 10.1 Å². The lowest BCUT2D eigenvalue weighted by molar-refractivity contribution is -0.160. The van der Waals surface area contributed by atoms with Crippen LogP contribution in [-0.2, 0) is 9.53 Å². The molecule has 0 aromatic heterocycles. The average molecular weight is 302 g/mol. The minimum atomic E-state index is -0.133. The third kappa shape index (κ3) is 2.85. The van der Waals surface area contributed by atoms with Gasteiger partial charge >= 0.3 is 5.97 Å². The average Bonchev–Trinajstić information content (AvgIpc) is 3.00. The lowest BCUT2D eigenvalue weighted by Gasteiger charge is -2.52. The molecule has 0 amide bonds. The Morgan fingerprint density at radius 2 is 1.65 bits per heavy atom. The van der Waals surface area contributed by atoms with Crippen LogP contribution >= 0.6 is 12.4 Å². The molecule has 4 fully saturated rings. The molecule has 2 bridgehead atoms. The van der Waals surface area contributed by atoms with Crippen molar-refractivity contribution >= 4 is 18.4 Å². The molecule has 0 spiro atoms. The Hall–Kier alpha value is -0.280. The van der Waals surface area contributed by atoms with E-state index in [1.165, 1.54) is 39.3 Å². The van der Waals surface area contributed by atoms with E-state index in [0.29, 0.717) is 5.54 Å². The summed E-state index contributed by atoms with van der Waals surface area (Å²) in [5, 5.41) is 3.89. The number of esters is 1. The lowest BCUT2D eigenvalue weighted by Crippen LogP contribution is -2.57. The van der Waals surface area contributed by atoms with Gasteiger partial charge in [-0.15, -0.1) is 12.4 Å². The number of hydrogen-bond donors (Lipinski definition) is 1. The van der Waals surface area contributed by atoms with Crippen molar-refractivity contribution in [1.29, 1.82) is 0 Å². The van der Waals surface area contributed by atoms with Gasteiger partial charge in [-0.05, 0) is 63.8 Å². The molecular formula is C16H28ClNO2. The van der Waals surface area contributed by atoms with Gasteiger partial charge in [0, 0.05) is 5.54 Å². The minimum absolute atomic E-state index is 0. The SMILES string of the molecule is COC(=O)C12CCC(NCC3CCCC3)(CC1)CC2.Cl. The van der Waals surface area contributed by atoms with E-state index in [1.807, 2.05) is 0 Å². The first-order valence-electron chi connectivity index (χ1n) is 8.02. The van der Waals surface area contributed by atoms with Crippen molar-refractivity contribution in [3.05, 3.63) is 0 Å². The zero-order valence-corrected chi connectivity index (χ0v) is 13.4. The number of hydrogen-bond acceptors (Lipinski definition) is 3. The summed E-state index contributed by atoms with van der Waals surface area (Å²) in [5.41, 5.74) is 0.212. The zero-order valence-electron chi connectivity index (χ0n) is 12.6. The van der Waals surface area contributed by atoms with Gasteiger partial charge in [0.1, 0.15) is 0 Å². The van der Waals surface area contributed by atoms with Crippen LogP contribution in [0.5, 0.6) is 0 Å². The lowest BCUT2D eigenvalue weighted by atomic mass is 9.57. The number of rotatable bonds is 4. The molecule has 3 nitrogen and oxygen atoms in total. The Kier molecular flexibility index (Phi) is 5.01. The van der Waals surface area contributed by atoms with Crippen LogP contribution in [0.4, 0.5) is 0 Å². The van der Waals surface area contributed by atoms with E-state index in [2.05, 4.69) is 5.32 Å². The van der Waals surface area contributed by atoms with Gasteiger partial charge in [0.15, 0.2) is 0 Å². The van der Waals surface area contributed by atoms with Gasteiger partial charge in [-0.25, -0.2) is 0 Å². The molecular weight excluding hydrogens is 274 g/mol. The summed E-state index contributed by atoms with van der Waals surface area (Å²) in [6.07, 6.45) is 12.2. The zero-order chi connectivity index (χ0) is 13.3. The van der Waals surface area contributed by atoms with E-state index in [9.17, 15) is 4.79 Å². The summed E-state index contributed by atoms with van der Waals surface area (Å²) in [5.74, 6) is 0.945. The normalized spacial score (nSPS) is 36.6. The molecule has 0 saturated heterocycles. The molecule has 20 heavy (non-hydrogen) atoms. The first-order chi connectivity index (χ1) is 9.18. The summed E-state index contributed by atoms with van der Waals surface area (Å²) in [7, 11) is 1.53. The second kappa shape index (κ2) is 6.23. The minimum Gasteiger partial charge on any atom is -0.469 e. The first-order valence-corrected chi connectivity index (χ1v) is 8.02. The summed E-state index contributed by atoms with van der Waals surface area (Å²) in [6, 6.07) is 0. The third-order valence-electron chi connectivity index (χ3n) is 6.11. The van der Waals surface area contributed by atoms with Crippen LogP contribution in [-0.4, -0.2) is 25.2 Å². The van der Waals surface area contributed by atoms with Gasteiger partial charge in [-0.3, -0.25) is 4.79 Å². The van der Waals surface area contributed by atoms with Gasteiger partial charge in [-0.2, -0.15) is 0 Å². The maximum absolute atomic E-state index is 12.0. The number of carbonyl (C=O) groups excluding carboxylic acids is 1. The van der Waals surface area contributed by atoms with Gasteiger partial charge in [0.25, 0.3) is 0 Å². The smallest absolute Gasteiger partial charge is 0.311 e. The molecule has 4 aliphatic rings. The van der Waals surface area contributed by atoms with E-state index in [-0.39, 0.29) is 23.8 Å². The van der Waals surface area contributed by atoms with Crippen molar-refractivity contribution in [3.8, 4) is 0 Å². The fourth-order valence-corrected chi connectivity index (χ4v) is 4.55. The highest BCUT2D eigenvalue weighted by atomic mass is 35.5. The van der Waals surface area contributed by atoms with E-state index in [4.69, 9.17) is 4.74 Å². The quantitative estimate of drug-likeness (QED) is 0.808. The number of nitrogens with one attached hydrogen (secondary N) is 1. The highest BCUT2D eigenvalue weighted by Crippen LogP contribution is 2.53. The van der Waals surface area contributed by atoms with Gasteiger partial charge in [-0.1, -0.05) is 12.8 Å². The van der Waals surface area contributed by atoms with Crippen molar-refractivity contribution in [1.82, 2.24) is 5.32 Å². The predicted octanol–water partition coefficient (Wildman–Crippen LogP) is 3.45. The van der Waals surface area contributed by atoms with Crippen molar-refractivity contribution in [2.24, 2.45) is 11.3 Å². The van der Waals surface area contributed by atoms with Crippen LogP contribution in [0.15, 0.2) is 0 Å². The number of methoxy groups -OCH3 is 1. The molecule has 1 N–H and O–H groups in total. The van der Waals surface area contributed by atoms with Crippen molar-refractivity contribution < 1.29 is 9.53 Å². The highest BCUT2D eigenvalue weighted by Gasteiger charge is 2.52. The Balaban J connectivity index is 0.00000147. The summed E-state index contributed by atoms with van der Waals surface area (Å²) in [4.78, 5) is 12.0. The molecule has 0 aromatic carbocycles. The van der Waals surface area contributed by atoms with Crippen LogP contribution in [0, 0.1) is 11.3 Å². The van der Waals surface area contributed by atoms with E-state index < -0.39 is 0 Å². The molecule has 116 valence electrons. The number of fused-ring (bicyclic) bond motifs is 3. The molecule has 4 saturated carbocycles. The predicted molar refractivity (Wildman–Crippen MR) is 82.1 cm³/mol. The largest absolute Gasteiger partial charge is 0.469 e. The van der Waals surface area contributed by atoms with Crippen LogP contribution in [0.25, 0.3) is 0 Å². The second-order valence-corrected chi connectivity index (χ2v) is 7.08. The molecule has 0 radical (unpaired) electrons. The van der Waals surface area contributed by atoms with E-state index >= 15 is 0 Å². The monoisotopic (exact) mass is 301 g/mol. The Morgan fingerprint density at radius 3 is 2.15 bits per heavy atom. The van der Waals surface area contributed by atoms with Crippen molar-refractivity contribution in [2.75, 3.05) is 13.7 Å². The fourth-order valence-electron chi connectivity index (χ4n) is 4.55. The number of ether oxygens (including phenoxy) is 1. The Morgan fingerprint density at radius 1 is 1.10 bits per heavy atom. The molecule has 0 heterocycles. The number of halogens is 1. The third-order valence-corrected chi connectivity index (χ3v) is 6.11. The van der Waals surface area contributed by atoms with E-state index in [0.717, 1.165) is 44.4 Å². The fraction of sp³-hybridized carbons (Fsp3) is 0.938.